The fourth-order valence-corrected chi connectivity index (χ4v) is 2.03. The molecular weight excluding hydrogens is 463 g/mol. The number of rotatable bonds is 9. The second-order valence-electron chi connectivity index (χ2n) is 7.75. The van der Waals surface area contributed by atoms with Crippen LogP contribution < -0.4 is 16.0 Å². The molecule has 0 aliphatic carbocycles. The van der Waals surface area contributed by atoms with Gasteiger partial charge in [0, 0.05) is 26.6 Å². The van der Waals surface area contributed by atoms with E-state index in [2.05, 4.69) is 25.7 Å². The maximum absolute atomic E-state index is 11.9. The van der Waals surface area contributed by atoms with Crippen LogP contribution in [-0.4, -0.2) is 56.4 Å². The van der Waals surface area contributed by atoms with E-state index in [1.165, 1.54) is 7.11 Å². The van der Waals surface area contributed by atoms with Crippen LogP contribution in [0.3, 0.4) is 0 Å². The summed E-state index contributed by atoms with van der Waals surface area (Å²) in [6.45, 7) is 10.5. The Morgan fingerprint density at radius 2 is 1.63 bits per heavy atom. The molecule has 0 unspecified atom stereocenters. The molecular formula is C18H37IN4O4. The Hall–Kier alpha value is -1.26. The van der Waals surface area contributed by atoms with Crippen LogP contribution in [0.15, 0.2) is 4.99 Å². The van der Waals surface area contributed by atoms with Crippen LogP contribution in [0.25, 0.3) is 0 Å². The van der Waals surface area contributed by atoms with Gasteiger partial charge >= 0.3 is 12.1 Å². The van der Waals surface area contributed by atoms with Crippen LogP contribution in [0.4, 0.5) is 4.79 Å². The molecule has 9 heteroatoms. The lowest BCUT2D eigenvalue weighted by Crippen LogP contribution is -2.54. The average Bonchev–Trinajstić information content (AvgIpc) is 2.50. The summed E-state index contributed by atoms with van der Waals surface area (Å²) in [7, 11) is 3.10. The molecule has 0 radical (unpaired) electrons. The first-order valence-corrected chi connectivity index (χ1v) is 9.01. The van der Waals surface area contributed by atoms with Crippen LogP contribution in [0.5, 0.6) is 0 Å². The Labute approximate surface area is 180 Å². The average molecular weight is 500 g/mol. The number of alkyl carbamates (subject to hydrolysis) is 1. The first-order chi connectivity index (χ1) is 12.0. The minimum Gasteiger partial charge on any atom is -0.469 e. The SMILES string of the molecule is CN=C(NCCCCCC(=O)OC)NCC(C)(C)NC(=O)OC(C)(C)C.I. The molecule has 0 aliphatic heterocycles. The van der Waals surface area contributed by atoms with Gasteiger partial charge in [-0.25, -0.2) is 4.79 Å². The van der Waals surface area contributed by atoms with Gasteiger partial charge in [0.1, 0.15) is 5.60 Å². The number of carbonyl (C=O) groups is 2. The predicted octanol–water partition coefficient (Wildman–Crippen LogP) is 2.81. The highest BCUT2D eigenvalue weighted by Gasteiger charge is 2.24. The molecule has 0 rings (SSSR count). The Morgan fingerprint density at radius 3 is 2.15 bits per heavy atom. The van der Waals surface area contributed by atoms with Crippen LogP contribution >= 0.6 is 24.0 Å². The van der Waals surface area contributed by atoms with E-state index in [-0.39, 0.29) is 29.9 Å². The number of nitrogens with one attached hydrogen (secondary N) is 3. The predicted molar refractivity (Wildman–Crippen MR) is 119 cm³/mol. The first kappa shape index (κ1) is 28.0. The summed E-state index contributed by atoms with van der Waals surface area (Å²) in [5.74, 6) is 0.493. The number of methoxy groups -OCH3 is 1. The summed E-state index contributed by atoms with van der Waals surface area (Å²) in [4.78, 5) is 27.1. The molecule has 0 saturated heterocycles. The Bertz CT molecular complexity index is 476. The number of nitrogens with zero attached hydrogens (tertiary/aromatic N) is 1. The normalized spacial score (nSPS) is 11.9. The molecule has 0 atom stereocenters. The minimum atomic E-state index is -0.529. The Kier molecular flexibility index (Phi) is 14.3. The number of ether oxygens (including phenoxy) is 2. The molecule has 0 aromatic heterocycles. The van der Waals surface area contributed by atoms with E-state index in [0.717, 1.165) is 25.8 Å². The van der Waals surface area contributed by atoms with Gasteiger partial charge < -0.3 is 25.4 Å². The fraction of sp³-hybridized carbons (Fsp3) is 0.833. The number of halogens is 1. The second kappa shape index (κ2) is 13.8. The van der Waals surface area contributed by atoms with E-state index in [4.69, 9.17) is 4.74 Å². The van der Waals surface area contributed by atoms with Gasteiger partial charge in [-0.1, -0.05) is 6.42 Å². The molecule has 0 spiro atoms. The molecule has 0 aliphatic rings. The highest BCUT2D eigenvalue weighted by atomic mass is 127. The van der Waals surface area contributed by atoms with Crippen molar-refractivity contribution in [3.63, 3.8) is 0 Å². The van der Waals surface area contributed by atoms with Crippen molar-refractivity contribution in [3.8, 4) is 0 Å². The lowest BCUT2D eigenvalue weighted by Gasteiger charge is -2.29. The summed E-state index contributed by atoms with van der Waals surface area (Å²) < 4.78 is 9.89. The van der Waals surface area contributed by atoms with E-state index in [9.17, 15) is 9.59 Å². The van der Waals surface area contributed by atoms with Crippen molar-refractivity contribution < 1.29 is 19.1 Å². The van der Waals surface area contributed by atoms with Crippen molar-refractivity contribution in [3.05, 3.63) is 0 Å². The van der Waals surface area contributed by atoms with Crippen molar-refractivity contribution in [1.82, 2.24) is 16.0 Å². The van der Waals surface area contributed by atoms with E-state index in [1.54, 1.807) is 7.05 Å². The summed E-state index contributed by atoms with van der Waals surface area (Å²) in [6, 6.07) is 0. The van der Waals surface area contributed by atoms with Gasteiger partial charge in [-0.2, -0.15) is 0 Å². The number of carbonyl (C=O) groups excluding carboxylic acids is 2. The molecule has 0 aromatic carbocycles. The maximum Gasteiger partial charge on any atom is 0.408 e. The number of hydrogen-bond donors (Lipinski definition) is 3. The van der Waals surface area contributed by atoms with Gasteiger partial charge in [0.15, 0.2) is 5.96 Å². The number of guanidine groups is 1. The third-order valence-electron chi connectivity index (χ3n) is 3.34. The highest BCUT2D eigenvalue weighted by molar-refractivity contribution is 14.0. The van der Waals surface area contributed by atoms with Gasteiger partial charge in [-0.3, -0.25) is 9.79 Å². The van der Waals surface area contributed by atoms with E-state index >= 15 is 0 Å². The number of unbranched alkanes of at least 4 members (excludes halogenated alkanes) is 2. The van der Waals surface area contributed by atoms with Crippen LogP contribution in [0, 0.1) is 0 Å². The monoisotopic (exact) mass is 500 g/mol. The third kappa shape index (κ3) is 16.6. The van der Waals surface area contributed by atoms with Crippen molar-refractivity contribution >= 4 is 42.0 Å². The van der Waals surface area contributed by atoms with Crippen LogP contribution in [0.1, 0.15) is 60.3 Å². The molecule has 3 N–H and O–H groups in total. The topological polar surface area (TPSA) is 101 Å². The molecule has 0 saturated carbocycles. The molecule has 160 valence electrons. The quantitative estimate of drug-likeness (QED) is 0.148. The van der Waals surface area contributed by atoms with Gasteiger partial charge in [-0.15, -0.1) is 24.0 Å². The Balaban J connectivity index is 0. The summed E-state index contributed by atoms with van der Waals surface area (Å²) in [6.07, 6.45) is 2.68. The van der Waals surface area contributed by atoms with Crippen molar-refractivity contribution in [2.24, 2.45) is 4.99 Å². The lowest BCUT2D eigenvalue weighted by molar-refractivity contribution is -0.140. The van der Waals surface area contributed by atoms with Gasteiger partial charge in [0.05, 0.1) is 12.6 Å². The van der Waals surface area contributed by atoms with Crippen LogP contribution in [-0.2, 0) is 14.3 Å². The molecule has 27 heavy (non-hydrogen) atoms. The lowest BCUT2D eigenvalue weighted by atomic mass is 10.1. The van der Waals surface area contributed by atoms with Gasteiger partial charge in [0.25, 0.3) is 0 Å². The minimum absolute atomic E-state index is 0. The number of aliphatic imine (C=N–C) groups is 1. The molecule has 0 bridgehead atoms. The maximum atomic E-state index is 11.9. The molecule has 8 nitrogen and oxygen atoms in total. The molecule has 0 heterocycles. The standard InChI is InChI=1S/C18H36N4O4.HI/c1-17(2,3)26-16(24)22-18(4,5)13-21-15(19-6)20-12-10-8-9-11-14(23)25-7;/h8-13H2,1-7H3,(H,22,24)(H2,19,20,21);1H. The van der Waals surface area contributed by atoms with E-state index < -0.39 is 17.2 Å². The molecule has 0 fully saturated rings. The van der Waals surface area contributed by atoms with Gasteiger partial charge in [-0.05, 0) is 47.5 Å². The second-order valence-corrected chi connectivity index (χ2v) is 7.75. The van der Waals surface area contributed by atoms with Crippen molar-refractivity contribution in [2.75, 3.05) is 27.2 Å². The molecule has 1 amide bonds. The summed E-state index contributed by atoms with van der Waals surface area (Å²) >= 11 is 0. The van der Waals surface area contributed by atoms with Crippen LogP contribution in [0.2, 0.25) is 0 Å². The van der Waals surface area contributed by atoms with E-state index in [1.807, 2.05) is 34.6 Å². The number of esters is 1. The summed E-state index contributed by atoms with van der Waals surface area (Å²) in [5, 5.41) is 9.25. The fourth-order valence-electron chi connectivity index (χ4n) is 2.03. The highest BCUT2D eigenvalue weighted by Crippen LogP contribution is 2.09. The van der Waals surface area contributed by atoms with E-state index in [0.29, 0.717) is 18.9 Å². The van der Waals surface area contributed by atoms with Gasteiger partial charge in [0.2, 0.25) is 0 Å². The zero-order valence-electron chi connectivity index (χ0n) is 17.7. The smallest absolute Gasteiger partial charge is 0.408 e. The zero-order valence-corrected chi connectivity index (χ0v) is 20.1. The third-order valence-corrected chi connectivity index (χ3v) is 3.34. The first-order valence-electron chi connectivity index (χ1n) is 9.01. The van der Waals surface area contributed by atoms with Crippen molar-refractivity contribution in [2.45, 2.75) is 71.4 Å². The number of amides is 1. The summed E-state index contributed by atoms with van der Waals surface area (Å²) in [5.41, 5.74) is -1.03. The largest absolute Gasteiger partial charge is 0.469 e. The Morgan fingerprint density at radius 1 is 1.00 bits per heavy atom. The molecule has 0 aromatic rings. The zero-order chi connectivity index (χ0) is 20.2. The number of hydrogen-bond acceptors (Lipinski definition) is 5. The van der Waals surface area contributed by atoms with Crippen molar-refractivity contribution in [1.29, 1.82) is 0 Å².